The summed E-state index contributed by atoms with van der Waals surface area (Å²) in [5.74, 6) is -0.439. The molecule has 2 aromatic carbocycles. The maximum atomic E-state index is 15.1. The summed E-state index contributed by atoms with van der Waals surface area (Å²) in [6, 6.07) is 14.2. The molecule has 0 saturated carbocycles. The number of anilines is 1. The quantitative estimate of drug-likeness (QED) is 0.625. The van der Waals surface area contributed by atoms with Crippen molar-refractivity contribution in [2.75, 3.05) is 31.2 Å². The van der Waals surface area contributed by atoms with Gasteiger partial charge in [0.05, 0.1) is 24.6 Å². The number of halogens is 1. The second kappa shape index (κ2) is 9.57. The lowest BCUT2D eigenvalue weighted by molar-refractivity contribution is 0.122. The molecule has 4 rings (SSSR count). The van der Waals surface area contributed by atoms with Gasteiger partial charge in [-0.3, -0.25) is 4.79 Å². The van der Waals surface area contributed by atoms with E-state index in [4.69, 9.17) is 10.5 Å². The number of aromatic nitrogens is 2. The number of allylic oxidation sites excluding steroid dienone is 1. The molecular weight excluding hydrogens is 409 g/mol. The Balaban J connectivity index is 1.77. The second-order valence-electron chi connectivity index (χ2n) is 7.36. The molecular formula is C24H24FN5O2. The van der Waals surface area contributed by atoms with E-state index in [0.717, 1.165) is 5.69 Å². The van der Waals surface area contributed by atoms with Gasteiger partial charge < -0.3 is 15.4 Å². The number of para-hydroxylation sites is 1. The molecule has 0 atom stereocenters. The molecule has 3 aromatic rings. The number of rotatable bonds is 5. The van der Waals surface area contributed by atoms with Crippen LogP contribution in [0.4, 0.5) is 15.8 Å². The molecule has 0 spiro atoms. The van der Waals surface area contributed by atoms with E-state index in [9.17, 15) is 4.79 Å². The van der Waals surface area contributed by atoms with Crippen molar-refractivity contribution in [1.29, 1.82) is 0 Å². The van der Waals surface area contributed by atoms with Gasteiger partial charge in [0, 0.05) is 30.5 Å². The monoisotopic (exact) mass is 433 g/mol. The highest BCUT2D eigenvalue weighted by atomic mass is 19.1. The normalized spacial score (nSPS) is 14.8. The lowest BCUT2D eigenvalue weighted by Crippen LogP contribution is -2.36. The van der Waals surface area contributed by atoms with Gasteiger partial charge in [-0.15, -0.1) is 0 Å². The number of aryl methyl sites for hydroxylation is 1. The van der Waals surface area contributed by atoms with E-state index < -0.39 is 5.82 Å². The number of nitrogens with two attached hydrogens (primary N) is 1. The molecule has 8 heteroatoms. The Kier molecular flexibility index (Phi) is 6.42. The summed E-state index contributed by atoms with van der Waals surface area (Å²) in [5, 5.41) is 4.41. The maximum Gasteiger partial charge on any atom is 0.212 e. The van der Waals surface area contributed by atoms with Gasteiger partial charge >= 0.3 is 0 Å². The summed E-state index contributed by atoms with van der Waals surface area (Å²) >= 11 is 0. The first-order valence-electron chi connectivity index (χ1n) is 10.3. The van der Waals surface area contributed by atoms with Crippen LogP contribution in [-0.4, -0.2) is 41.8 Å². The zero-order valence-electron chi connectivity index (χ0n) is 17.7. The molecule has 7 nitrogen and oxygen atoms in total. The van der Waals surface area contributed by atoms with Crippen LogP contribution in [0.5, 0.6) is 0 Å². The van der Waals surface area contributed by atoms with Crippen LogP contribution >= 0.6 is 0 Å². The molecule has 0 amide bonds. The molecule has 1 aliphatic heterocycles. The van der Waals surface area contributed by atoms with Crippen molar-refractivity contribution in [2.45, 2.75) is 6.92 Å². The third-order valence-corrected chi connectivity index (χ3v) is 5.15. The van der Waals surface area contributed by atoms with E-state index >= 15 is 4.39 Å². The predicted octanol–water partition coefficient (Wildman–Crippen LogP) is 3.11. The molecule has 2 N–H and O–H groups in total. The molecule has 32 heavy (non-hydrogen) atoms. The Bertz CT molecular complexity index is 1210. The Labute approximate surface area is 185 Å². The van der Waals surface area contributed by atoms with E-state index in [-0.39, 0.29) is 16.8 Å². The Morgan fingerprint density at radius 1 is 1.19 bits per heavy atom. The molecule has 1 fully saturated rings. The average molecular weight is 433 g/mol. The van der Waals surface area contributed by atoms with Crippen LogP contribution in [0.1, 0.15) is 11.3 Å². The molecule has 0 unspecified atom stereocenters. The minimum atomic E-state index is -0.439. The van der Waals surface area contributed by atoms with Crippen molar-refractivity contribution < 1.29 is 9.13 Å². The number of ether oxygens (including phenoxy) is 1. The van der Waals surface area contributed by atoms with Crippen LogP contribution in [0.2, 0.25) is 0 Å². The minimum absolute atomic E-state index is 0.0900. The lowest BCUT2D eigenvalue weighted by atomic mass is 10.1. The maximum absolute atomic E-state index is 15.1. The van der Waals surface area contributed by atoms with Gasteiger partial charge in [0.25, 0.3) is 0 Å². The predicted molar refractivity (Wildman–Crippen MR) is 124 cm³/mol. The number of benzene rings is 2. The van der Waals surface area contributed by atoms with Crippen molar-refractivity contribution >= 4 is 17.1 Å². The van der Waals surface area contributed by atoms with Gasteiger partial charge in [0.2, 0.25) is 5.43 Å². The summed E-state index contributed by atoms with van der Waals surface area (Å²) in [4.78, 5) is 19.4. The number of morpholine rings is 1. The van der Waals surface area contributed by atoms with Gasteiger partial charge in [-0.2, -0.15) is 5.10 Å². The third-order valence-electron chi connectivity index (χ3n) is 5.15. The molecule has 0 bridgehead atoms. The third kappa shape index (κ3) is 4.60. The van der Waals surface area contributed by atoms with Gasteiger partial charge in [-0.25, -0.2) is 14.1 Å². The second-order valence-corrected chi connectivity index (χ2v) is 7.36. The van der Waals surface area contributed by atoms with Crippen LogP contribution < -0.4 is 16.1 Å². The number of nitrogens with zero attached hydrogens (tertiary/aromatic N) is 4. The Morgan fingerprint density at radius 3 is 2.62 bits per heavy atom. The summed E-state index contributed by atoms with van der Waals surface area (Å²) in [6.45, 7) is 4.32. The van der Waals surface area contributed by atoms with Crippen LogP contribution in [0.3, 0.4) is 0 Å². The van der Waals surface area contributed by atoms with Crippen molar-refractivity contribution in [1.82, 2.24) is 9.78 Å². The van der Waals surface area contributed by atoms with Crippen molar-refractivity contribution in [2.24, 2.45) is 10.7 Å². The van der Waals surface area contributed by atoms with Crippen molar-refractivity contribution in [3.05, 3.63) is 94.3 Å². The first-order chi connectivity index (χ1) is 15.6. The smallest absolute Gasteiger partial charge is 0.212 e. The first kappa shape index (κ1) is 21.5. The van der Waals surface area contributed by atoms with Crippen LogP contribution in [0, 0.1) is 12.7 Å². The first-order valence-corrected chi connectivity index (χ1v) is 10.3. The fraction of sp³-hybridized carbons (Fsp3) is 0.208. The molecule has 0 radical (unpaired) electrons. The highest BCUT2D eigenvalue weighted by Crippen LogP contribution is 2.22. The SMILES string of the molecule is Cc1cn(-c2ccc(N3CCOCC3)cc2F)nc(C(C=CN)=Nc2ccccc2)c1=O. The van der Waals surface area contributed by atoms with Gasteiger partial charge in [0.15, 0.2) is 11.5 Å². The fourth-order valence-corrected chi connectivity index (χ4v) is 3.50. The number of aliphatic imine (C=N–C) groups is 1. The molecule has 1 aliphatic rings. The van der Waals surface area contributed by atoms with Crippen LogP contribution in [0.15, 0.2) is 76.8 Å². The van der Waals surface area contributed by atoms with E-state index in [1.807, 2.05) is 36.4 Å². The van der Waals surface area contributed by atoms with E-state index in [0.29, 0.717) is 43.3 Å². The van der Waals surface area contributed by atoms with E-state index in [1.54, 1.807) is 13.0 Å². The van der Waals surface area contributed by atoms with Crippen molar-refractivity contribution in [3.8, 4) is 5.69 Å². The summed E-state index contributed by atoms with van der Waals surface area (Å²) in [6.07, 6.45) is 4.33. The molecule has 1 aromatic heterocycles. The van der Waals surface area contributed by atoms with Gasteiger partial charge in [0.1, 0.15) is 5.69 Å². The van der Waals surface area contributed by atoms with Gasteiger partial charge in [-0.1, -0.05) is 18.2 Å². The van der Waals surface area contributed by atoms with Gasteiger partial charge in [-0.05, 0) is 49.5 Å². The van der Waals surface area contributed by atoms with E-state index in [2.05, 4.69) is 15.0 Å². The van der Waals surface area contributed by atoms with Crippen molar-refractivity contribution in [3.63, 3.8) is 0 Å². The number of hydrogen-bond donors (Lipinski definition) is 1. The topological polar surface area (TPSA) is 85.7 Å². The zero-order valence-corrected chi connectivity index (χ0v) is 17.7. The molecule has 0 aliphatic carbocycles. The Morgan fingerprint density at radius 2 is 1.94 bits per heavy atom. The van der Waals surface area contributed by atoms with Crippen LogP contribution in [0.25, 0.3) is 5.69 Å². The standard InChI is InChI=1S/C24H24FN5O2/c1-17-16-30(22-8-7-19(15-20(22)25)29-11-13-32-14-12-29)28-23(24(17)31)21(9-10-26)27-18-5-3-2-4-6-18/h2-10,15-16H,11-14,26H2,1H3. The lowest BCUT2D eigenvalue weighted by Gasteiger charge is -2.29. The molecule has 164 valence electrons. The summed E-state index contributed by atoms with van der Waals surface area (Å²) in [7, 11) is 0. The summed E-state index contributed by atoms with van der Waals surface area (Å²) in [5.41, 5.74) is 7.78. The number of hydrogen-bond acceptors (Lipinski definition) is 6. The molecule has 1 saturated heterocycles. The highest BCUT2D eigenvalue weighted by Gasteiger charge is 2.17. The Hall–Kier alpha value is -3.78. The average Bonchev–Trinajstić information content (AvgIpc) is 2.82. The highest BCUT2D eigenvalue weighted by molar-refractivity contribution is 6.08. The van der Waals surface area contributed by atoms with Crippen LogP contribution in [-0.2, 0) is 4.74 Å². The summed E-state index contributed by atoms with van der Waals surface area (Å²) < 4.78 is 21.8. The fourth-order valence-electron chi connectivity index (χ4n) is 3.50. The largest absolute Gasteiger partial charge is 0.405 e. The minimum Gasteiger partial charge on any atom is -0.405 e. The zero-order chi connectivity index (χ0) is 22.5. The molecule has 2 heterocycles. The van der Waals surface area contributed by atoms with E-state index in [1.165, 1.54) is 29.2 Å².